The summed E-state index contributed by atoms with van der Waals surface area (Å²) < 4.78 is 0. The molecule has 0 saturated carbocycles. The Morgan fingerprint density at radius 1 is 0.333 bits per heavy atom. The van der Waals surface area contributed by atoms with Gasteiger partial charge in [-0.2, -0.15) is 0 Å². The Hall–Kier alpha value is -7.42. The van der Waals surface area contributed by atoms with E-state index in [0.29, 0.717) is 0 Å². The monoisotopic (exact) mass is 770 g/mol. The van der Waals surface area contributed by atoms with Crippen LogP contribution in [0.1, 0.15) is 36.8 Å². The molecule has 10 rings (SSSR count). The molecule has 2 aliphatic rings. The van der Waals surface area contributed by atoms with Crippen LogP contribution in [0.3, 0.4) is 0 Å². The highest BCUT2D eigenvalue weighted by Crippen LogP contribution is 2.38. The predicted octanol–water partition coefficient (Wildman–Crippen LogP) is 16.2. The molecule has 2 aliphatic carbocycles. The number of rotatable bonds is 10. The number of benzene rings is 8. The molecule has 0 aromatic heterocycles. The largest absolute Gasteiger partial charge is 0.311 e. The molecule has 0 fully saturated rings. The highest BCUT2D eigenvalue weighted by Gasteiger charge is 2.17. The van der Waals surface area contributed by atoms with Crippen molar-refractivity contribution in [1.29, 1.82) is 0 Å². The fourth-order valence-electron chi connectivity index (χ4n) is 8.62. The molecule has 60 heavy (non-hydrogen) atoms. The van der Waals surface area contributed by atoms with Gasteiger partial charge in [0.05, 0.1) is 0 Å². The summed E-state index contributed by atoms with van der Waals surface area (Å²) in [5.74, 6) is 0. The fourth-order valence-corrected chi connectivity index (χ4v) is 8.62. The van der Waals surface area contributed by atoms with Crippen LogP contribution in [-0.2, 0) is 0 Å². The summed E-state index contributed by atoms with van der Waals surface area (Å²) in [6, 6.07) is 66.2. The summed E-state index contributed by atoms with van der Waals surface area (Å²) in [4.78, 5) is 4.74. The molecule has 8 aromatic carbocycles. The molecule has 288 valence electrons. The predicted molar refractivity (Wildman–Crippen MR) is 258 cm³/mol. The Morgan fingerprint density at radius 2 is 0.700 bits per heavy atom. The van der Waals surface area contributed by atoms with Crippen molar-refractivity contribution in [2.24, 2.45) is 0 Å². The Bertz CT molecular complexity index is 2730. The molecule has 0 unspecified atom stereocenters. The van der Waals surface area contributed by atoms with Crippen LogP contribution >= 0.6 is 0 Å². The topological polar surface area (TPSA) is 6.48 Å². The maximum atomic E-state index is 2.37. The van der Waals surface area contributed by atoms with E-state index in [4.69, 9.17) is 0 Å². The highest BCUT2D eigenvalue weighted by molar-refractivity contribution is 5.98. The van der Waals surface area contributed by atoms with Crippen molar-refractivity contribution in [2.75, 3.05) is 9.80 Å². The van der Waals surface area contributed by atoms with Gasteiger partial charge in [0.15, 0.2) is 0 Å². The number of hydrogen-bond acceptors (Lipinski definition) is 2. The minimum atomic E-state index is 1.04. The zero-order valence-corrected chi connectivity index (χ0v) is 33.7. The second-order valence-corrected chi connectivity index (χ2v) is 15.6. The van der Waals surface area contributed by atoms with Gasteiger partial charge in [-0.25, -0.2) is 0 Å². The number of fused-ring (bicyclic) bond motifs is 2. The lowest BCUT2D eigenvalue weighted by Crippen LogP contribution is -2.16. The molecule has 0 saturated heterocycles. The summed E-state index contributed by atoms with van der Waals surface area (Å²) >= 11 is 0. The molecular weight excluding hydrogens is 725 g/mol. The van der Waals surface area contributed by atoms with Gasteiger partial charge in [0, 0.05) is 34.1 Å². The fraction of sp³-hybridized carbons (Fsp3) is 0.0690. The molecule has 0 N–H and O–H groups in total. The normalized spacial score (nSPS) is 13.7. The zero-order valence-electron chi connectivity index (χ0n) is 33.7. The van der Waals surface area contributed by atoms with Crippen molar-refractivity contribution in [3.05, 3.63) is 241 Å². The highest BCUT2D eigenvalue weighted by atomic mass is 15.2. The van der Waals surface area contributed by atoms with E-state index in [1.165, 1.54) is 55.2 Å². The lowest BCUT2D eigenvalue weighted by atomic mass is 9.98. The molecule has 0 aliphatic heterocycles. The van der Waals surface area contributed by atoms with E-state index in [1.54, 1.807) is 0 Å². The molecule has 0 atom stereocenters. The second kappa shape index (κ2) is 16.8. The Kier molecular flexibility index (Phi) is 10.3. The van der Waals surface area contributed by atoms with Gasteiger partial charge in [-0.15, -0.1) is 0 Å². The van der Waals surface area contributed by atoms with Gasteiger partial charge in [-0.05, 0) is 141 Å². The van der Waals surface area contributed by atoms with Crippen LogP contribution in [0, 0.1) is 0 Å². The molecule has 0 amide bonds. The Morgan fingerprint density at radius 3 is 1.08 bits per heavy atom. The summed E-state index contributed by atoms with van der Waals surface area (Å²) in [5.41, 5.74) is 14.3. The first-order valence-corrected chi connectivity index (χ1v) is 21.1. The summed E-state index contributed by atoms with van der Waals surface area (Å²) in [7, 11) is 0. The van der Waals surface area contributed by atoms with E-state index in [9.17, 15) is 0 Å². The van der Waals surface area contributed by atoms with Crippen molar-refractivity contribution in [3.8, 4) is 22.3 Å². The quantitative estimate of drug-likeness (QED) is 0.128. The van der Waals surface area contributed by atoms with Crippen LogP contribution < -0.4 is 9.80 Å². The molecule has 0 radical (unpaired) electrons. The van der Waals surface area contributed by atoms with Gasteiger partial charge in [0.1, 0.15) is 0 Å². The first-order chi connectivity index (χ1) is 29.7. The van der Waals surface area contributed by atoms with E-state index in [0.717, 1.165) is 59.6 Å². The summed E-state index contributed by atoms with van der Waals surface area (Å²) in [5, 5.41) is 5.07. The maximum Gasteiger partial charge on any atom is 0.0461 e. The van der Waals surface area contributed by atoms with Crippen molar-refractivity contribution in [2.45, 2.75) is 25.7 Å². The number of anilines is 4. The average Bonchev–Trinajstić information content (AvgIpc) is 3.33. The van der Waals surface area contributed by atoms with E-state index >= 15 is 0 Å². The first kappa shape index (κ1) is 36.9. The molecule has 0 bridgehead atoms. The molecule has 8 aromatic rings. The third-order valence-corrected chi connectivity index (χ3v) is 11.7. The average molecular weight is 771 g/mol. The molecule has 0 heterocycles. The van der Waals surface area contributed by atoms with Gasteiger partial charge >= 0.3 is 0 Å². The van der Waals surface area contributed by atoms with E-state index in [1.807, 2.05) is 0 Å². The smallest absolute Gasteiger partial charge is 0.0461 e. The number of hydrogen-bond donors (Lipinski definition) is 0. The summed E-state index contributed by atoms with van der Waals surface area (Å²) in [6.45, 7) is 0. The lowest BCUT2D eigenvalue weighted by molar-refractivity contribution is 0.997. The first-order valence-electron chi connectivity index (χ1n) is 21.1. The third-order valence-electron chi connectivity index (χ3n) is 11.7. The maximum absolute atomic E-state index is 2.37. The molecule has 2 heteroatoms. The van der Waals surface area contributed by atoms with Crippen LogP contribution in [-0.4, -0.2) is 0 Å². The van der Waals surface area contributed by atoms with Gasteiger partial charge < -0.3 is 9.80 Å². The number of nitrogens with zero attached hydrogens (tertiary/aromatic N) is 2. The van der Waals surface area contributed by atoms with Crippen molar-refractivity contribution in [1.82, 2.24) is 0 Å². The minimum Gasteiger partial charge on any atom is -0.311 e. The third kappa shape index (κ3) is 7.64. The standard InChI is InChI=1S/C58H46N2/c1-3-17-49(18-4-1)59(53-39-31-47(32-40-53)57-23-11-15-45-13-7-9-21-55(45)57)51-35-27-43(28-36-51)25-26-44-29-37-52(38-30-44)60(50-19-5-2-6-20-50)54-41-33-48(34-42-54)58-24-12-16-46-14-8-10-22-56(46)58/h3,5,7-42H,1-2,4,6H2. The van der Waals surface area contributed by atoms with Gasteiger partial charge in [-0.3, -0.25) is 0 Å². The van der Waals surface area contributed by atoms with E-state index in [-0.39, 0.29) is 0 Å². The van der Waals surface area contributed by atoms with E-state index < -0.39 is 0 Å². The van der Waals surface area contributed by atoms with Crippen molar-refractivity contribution in [3.63, 3.8) is 0 Å². The van der Waals surface area contributed by atoms with Crippen molar-refractivity contribution < 1.29 is 0 Å². The van der Waals surface area contributed by atoms with Crippen molar-refractivity contribution >= 4 is 56.4 Å². The SMILES string of the molecule is C1=CC(N(c2ccc(C=Cc3ccc(N(C4=CCCC=C4)c4ccc(-c5cccc6ccccc56)cc4)cc3)cc2)c2ccc(-c3cccc4ccccc34)cc2)=CCC1. The lowest BCUT2D eigenvalue weighted by Gasteiger charge is -2.28. The zero-order chi connectivity index (χ0) is 40.1. The van der Waals surface area contributed by atoms with Gasteiger partial charge in [0.2, 0.25) is 0 Å². The second-order valence-electron chi connectivity index (χ2n) is 15.6. The van der Waals surface area contributed by atoms with Gasteiger partial charge in [-0.1, -0.05) is 170 Å². The molecule has 2 nitrogen and oxygen atoms in total. The molecular formula is C58H46N2. The summed E-state index contributed by atoms with van der Waals surface area (Å²) in [6.07, 6.45) is 22.4. The molecule has 0 spiro atoms. The van der Waals surface area contributed by atoms with Crippen LogP contribution in [0.25, 0.3) is 56.0 Å². The number of allylic oxidation sites excluding steroid dienone is 6. The van der Waals surface area contributed by atoms with Crippen LogP contribution in [0.2, 0.25) is 0 Å². The van der Waals surface area contributed by atoms with E-state index in [2.05, 4.69) is 240 Å². The van der Waals surface area contributed by atoms with Crippen LogP contribution in [0.15, 0.2) is 230 Å². The Labute approximate surface area is 353 Å². The van der Waals surface area contributed by atoms with Crippen LogP contribution in [0.4, 0.5) is 22.7 Å². The minimum absolute atomic E-state index is 1.04. The Balaban J connectivity index is 0.882. The van der Waals surface area contributed by atoms with Crippen LogP contribution in [0.5, 0.6) is 0 Å². The van der Waals surface area contributed by atoms with Gasteiger partial charge in [0.25, 0.3) is 0 Å².